The SMILES string of the molecule is CC(C)C(NCCc1ccsc1)C(N)=O. The lowest BCUT2D eigenvalue weighted by atomic mass is 10.0. The molecule has 1 aromatic rings. The first-order valence-electron chi connectivity index (χ1n) is 5.15. The largest absolute Gasteiger partial charge is 0.368 e. The molecular formula is C11H18N2OS. The summed E-state index contributed by atoms with van der Waals surface area (Å²) >= 11 is 1.69. The highest BCUT2D eigenvalue weighted by Crippen LogP contribution is 2.06. The normalized spacial score (nSPS) is 13.0. The summed E-state index contributed by atoms with van der Waals surface area (Å²) in [4.78, 5) is 11.1. The Hall–Kier alpha value is -0.870. The second-order valence-electron chi connectivity index (χ2n) is 3.96. The lowest BCUT2D eigenvalue weighted by molar-refractivity contribution is -0.120. The molecule has 4 heteroatoms. The van der Waals surface area contributed by atoms with Crippen molar-refractivity contribution in [1.29, 1.82) is 0 Å². The van der Waals surface area contributed by atoms with Gasteiger partial charge in [-0.1, -0.05) is 13.8 Å². The first kappa shape index (κ1) is 12.2. The average molecular weight is 226 g/mol. The molecule has 1 atom stereocenters. The van der Waals surface area contributed by atoms with E-state index in [4.69, 9.17) is 5.73 Å². The van der Waals surface area contributed by atoms with E-state index in [9.17, 15) is 4.79 Å². The lowest BCUT2D eigenvalue weighted by Gasteiger charge is -2.18. The lowest BCUT2D eigenvalue weighted by Crippen LogP contribution is -2.45. The quantitative estimate of drug-likeness (QED) is 0.770. The molecule has 0 radical (unpaired) electrons. The van der Waals surface area contributed by atoms with Gasteiger partial charge in [0.05, 0.1) is 6.04 Å². The number of nitrogens with one attached hydrogen (secondary N) is 1. The number of primary amides is 1. The van der Waals surface area contributed by atoms with Gasteiger partial charge in [0.2, 0.25) is 5.91 Å². The van der Waals surface area contributed by atoms with Crippen LogP contribution in [0.15, 0.2) is 16.8 Å². The minimum absolute atomic E-state index is 0.219. The number of hydrogen-bond donors (Lipinski definition) is 2. The van der Waals surface area contributed by atoms with Crippen molar-refractivity contribution in [3.63, 3.8) is 0 Å². The smallest absolute Gasteiger partial charge is 0.234 e. The number of carbonyl (C=O) groups is 1. The summed E-state index contributed by atoms with van der Waals surface area (Å²) in [5.41, 5.74) is 6.60. The fraction of sp³-hybridized carbons (Fsp3) is 0.545. The van der Waals surface area contributed by atoms with Gasteiger partial charge >= 0.3 is 0 Å². The van der Waals surface area contributed by atoms with E-state index < -0.39 is 0 Å². The molecule has 0 bridgehead atoms. The molecule has 0 aliphatic heterocycles. The van der Waals surface area contributed by atoms with E-state index in [0.717, 1.165) is 13.0 Å². The Morgan fingerprint density at radius 3 is 2.80 bits per heavy atom. The van der Waals surface area contributed by atoms with Crippen molar-refractivity contribution in [3.05, 3.63) is 22.4 Å². The van der Waals surface area contributed by atoms with Crippen LogP contribution in [0.5, 0.6) is 0 Å². The first-order valence-corrected chi connectivity index (χ1v) is 6.09. The number of carbonyl (C=O) groups excluding carboxylic acids is 1. The molecule has 1 unspecified atom stereocenters. The van der Waals surface area contributed by atoms with E-state index in [-0.39, 0.29) is 17.9 Å². The minimum atomic E-state index is -0.268. The highest BCUT2D eigenvalue weighted by Gasteiger charge is 2.17. The zero-order chi connectivity index (χ0) is 11.3. The monoisotopic (exact) mass is 226 g/mol. The fourth-order valence-corrected chi connectivity index (χ4v) is 2.17. The van der Waals surface area contributed by atoms with Crippen molar-refractivity contribution in [2.24, 2.45) is 11.7 Å². The molecule has 84 valence electrons. The number of nitrogens with two attached hydrogens (primary N) is 1. The van der Waals surface area contributed by atoms with Gasteiger partial charge in [-0.15, -0.1) is 0 Å². The Kier molecular flexibility index (Phi) is 4.78. The Morgan fingerprint density at radius 2 is 2.33 bits per heavy atom. The molecule has 0 aromatic carbocycles. The van der Waals surface area contributed by atoms with Crippen LogP contribution >= 0.6 is 11.3 Å². The minimum Gasteiger partial charge on any atom is -0.368 e. The van der Waals surface area contributed by atoms with Crippen LogP contribution in [0.3, 0.4) is 0 Å². The van der Waals surface area contributed by atoms with Crippen molar-refractivity contribution in [1.82, 2.24) is 5.32 Å². The molecule has 15 heavy (non-hydrogen) atoms. The van der Waals surface area contributed by atoms with Crippen molar-refractivity contribution < 1.29 is 4.79 Å². The van der Waals surface area contributed by atoms with Gasteiger partial charge in [-0.25, -0.2) is 0 Å². The fourth-order valence-electron chi connectivity index (χ4n) is 1.47. The first-order chi connectivity index (χ1) is 7.11. The zero-order valence-electron chi connectivity index (χ0n) is 9.19. The number of rotatable bonds is 6. The summed E-state index contributed by atoms with van der Waals surface area (Å²) in [6, 6.07) is 1.88. The van der Waals surface area contributed by atoms with E-state index in [0.29, 0.717) is 0 Å². The van der Waals surface area contributed by atoms with Gasteiger partial charge in [-0.05, 0) is 41.3 Å². The van der Waals surface area contributed by atoms with Crippen molar-refractivity contribution in [2.75, 3.05) is 6.54 Å². The van der Waals surface area contributed by atoms with Gasteiger partial charge in [0.25, 0.3) is 0 Å². The second-order valence-corrected chi connectivity index (χ2v) is 4.74. The van der Waals surface area contributed by atoms with Gasteiger partial charge in [0, 0.05) is 0 Å². The molecule has 1 heterocycles. The summed E-state index contributed by atoms with van der Waals surface area (Å²) in [5, 5.41) is 7.37. The topological polar surface area (TPSA) is 55.1 Å². The van der Waals surface area contributed by atoms with E-state index in [1.807, 2.05) is 13.8 Å². The standard InChI is InChI=1S/C11H18N2OS/c1-8(2)10(11(12)14)13-5-3-9-4-6-15-7-9/h4,6-8,10,13H,3,5H2,1-2H3,(H2,12,14). The molecule has 0 saturated carbocycles. The Balaban J connectivity index is 2.31. The van der Waals surface area contributed by atoms with Crippen molar-refractivity contribution >= 4 is 17.2 Å². The van der Waals surface area contributed by atoms with Crippen molar-refractivity contribution in [2.45, 2.75) is 26.3 Å². The second kappa shape index (κ2) is 5.88. The molecular weight excluding hydrogens is 208 g/mol. The zero-order valence-corrected chi connectivity index (χ0v) is 10.0. The van der Waals surface area contributed by atoms with Crippen LogP contribution in [0.25, 0.3) is 0 Å². The van der Waals surface area contributed by atoms with Crippen molar-refractivity contribution in [3.8, 4) is 0 Å². The van der Waals surface area contributed by atoms with Crippen LogP contribution in [0, 0.1) is 5.92 Å². The maximum Gasteiger partial charge on any atom is 0.234 e. The predicted octanol–water partition coefficient (Wildman–Crippen LogP) is 1.39. The van der Waals surface area contributed by atoms with Crippen LogP contribution in [0.4, 0.5) is 0 Å². The molecule has 3 N–H and O–H groups in total. The van der Waals surface area contributed by atoms with Gasteiger partial charge in [-0.2, -0.15) is 11.3 Å². The van der Waals surface area contributed by atoms with Gasteiger partial charge in [-0.3, -0.25) is 4.79 Å². The molecule has 0 fully saturated rings. The summed E-state index contributed by atoms with van der Waals surface area (Å²) in [6.45, 7) is 4.78. The number of amides is 1. The molecule has 1 aromatic heterocycles. The Morgan fingerprint density at radius 1 is 1.60 bits per heavy atom. The molecule has 1 rings (SSSR count). The maximum absolute atomic E-state index is 11.1. The molecule has 3 nitrogen and oxygen atoms in total. The Labute approximate surface area is 94.7 Å². The molecule has 0 aliphatic rings. The summed E-state index contributed by atoms with van der Waals surface area (Å²) in [7, 11) is 0. The highest BCUT2D eigenvalue weighted by molar-refractivity contribution is 7.07. The van der Waals surface area contributed by atoms with Crippen LogP contribution in [-0.4, -0.2) is 18.5 Å². The molecule has 0 spiro atoms. The maximum atomic E-state index is 11.1. The van der Waals surface area contributed by atoms with Gasteiger partial charge < -0.3 is 11.1 Å². The van der Waals surface area contributed by atoms with E-state index in [1.54, 1.807) is 11.3 Å². The summed E-state index contributed by atoms with van der Waals surface area (Å²) in [5.74, 6) is -0.0275. The van der Waals surface area contributed by atoms with Gasteiger partial charge in [0.15, 0.2) is 0 Å². The average Bonchev–Trinajstić information content (AvgIpc) is 2.63. The van der Waals surface area contributed by atoms with Crippen LogP contribution in [0.2, 0.25) is 0 Å². The van der Waals surface area contributed by atoms with Crippen LogP contribution in [0.1, 0.15) is 19.4 Å². The highest BCUT2D eigenvalue weighted by atomic mass is 32.1. The number of thiophene rings is 1. The Bertz CT molecular complexity index is 296. The summed E-state index contributed by atoms with van der Waals surface area (Å²) in [6.07, 6.45) is 0.944. The number of hydrogen-bond acceptors (Lipinski definition) is 3. The molecule has 1 amide bonds. The van der Waals surface area contributed by atoms with Crippen LogP contribution < -0.4 is 11.1 Å². The third kappa shape index (κ3) is 4.01. The third-order valence-corrected chi connectivity index (χ3v) is 3.06. The summed E-state index contributed by atoms with van der Waals surface area (Å²) < 4.78 is 0. The van der Waals surface area contributed by atoms with E-state index in [1.165, 1.54) is 5.56 Å². The van der Waals surface area contributed by atoms with Crippen LogP contribution in [-0.2, 0) is 11.2 Å². The van der Waals surface area contributed by atoms with E-state index >= 15 is 0 Å². The third-order valence-electron chi connectivity index (χ3n) is 2.33. The van der Waals surface area contributed by atoms with E-state index in [2.05, 4.69) is 22.1 Å². The van der Waals surface area contributed by atoms with Gasteiger partial charge in [0.1, 0.15) is 0 Å². The predicted molar refractivity (Wildman–Crippen MR) is 63.8 cm³/mol. The molecule has 0 saturated heterocycles. The molecule has 0 aliphatic carbocycles.